The van der Waals surface area contributed by atoms with Gasteiger partial charge in [-0.3, -0.25) is 5.43 Å². The van der Waals surface area contributed by atoms with Crippen molar-refractivity contribution in [3.8, 4) is 0 Å². The molecule has 0 spiro atoms. The first-order valence-corrected chi connectivity index (χ1v) is 5.62. The molecule has 2 rings (SSSR count). The number of thiazole rings is 1. The Morgan fingerprint density at radius 2 is 2.31 bits per heavy atom. The summed E-state index contributed by atoms with van der Waals surface area (Å²) < 4.78 is 0. The minimum absolute atomic E-state index is 0.831. The number of rotatable bonds is 4. The highest BCUT2D eigenvalue weighted by Gasteiger charge is 1.93. The second kappa shape index (κ2) is 4.36. The lowest BCUT2D eigenvalue weighted by molar-refractivity contribution is 0.811. The van der Waals surface area contributed by atoms with Crippen molar-refractivity contribution in [2.24, 2.45) is 0 Å². The van der Waals surface area contributed by atoms with Crippen molar-refractivity contribution < 1.29 is 0 Å². The molecule has 2 aromatic heterocycles. The molecule has 13 heavy (non-hydrogen) atoms. The molecule has 2 aromatic rings. The Morgan fingerprint density at radius 3 is 3.00 bits per heavy atom. The zero-order valence-corrected chi connectivity index (χ0v) is 8.49. The van der Waals surface area contributed by atoms with Gasteiger partial charge in [-0.25, -0.2) is 10.4 Å². The normalized spacial score (nSPS) is 10.2. The molecule has 68 valence electrons. The second-order valence-electron chi connectivity index (χ2n) is 2.40. The van der Waals surface area contributed by atoms with Crippen LogP contribution in [-0.2, 0) is 6.54 Å². The van der Waals surface area contributed by atoms with E-state index in [1.807, 2.05) is 11.4 Å². The monoisotopic (exact) mass is 211 g/mol. The van der Waals surface area contributed by atoms with Crippen LogP contribution in [0.15, 0.2) is 29.1 Å². The minimum atomic E-state index is 0.831. The van der Waals surface area contributed by atoms with E-state index in [1.165, 1.54) is 4.88 Å². The third-order valence-corrected chi connectivity index (χ3v) is 3.04. The number of aromatic nitrogens is 1. The molecular formula is C8H9N3S2. The molecule has 0 unspecified atom stereocenters. The van der Waals surface area contributed by atoms with Crippen molar-refractivity contribution in [3.63, 3.8) is 0 Å². The lowest BCUT2D eigenvalue weighted by atomic mass is 10.5. The highest BCUT2D eigenvalue weighted by molar-refractivity contribution is 7.13. The van der Waals surface area contributed by atoms with Gasteiger partial charge in [0.25, 0.3) is 0 Å². The maximum Gasteiger partial charge on any atom is 0.197 e. The Kier molecular flexibility index (Phi) is 2.91. The third-order valence-electron chi connectivity index (χ3n) is 1.47. The van der Waals surface area contributed by atoms with Crippen LogP contribution in [-0.4, -0.2) is 4.98 Å². The van der Waals surface area contributed by atoms with Gasteiger partial charge in [0, 0.05) is 23.0 Å². The fraction of sp³-hybridized carbons (Fsp3) is 0.125. The maximum atomic E-state index is 4.08. The molecular weight excluding hydrogens is 202 g/mol. The Hall–Kier alpha value is -0.910. The van der Waals surface area contributed by atoms with Gasteiger partial charge in [0.1, 0.15) is 0 Å². The van der Waals surface area contributed by atoms with Crippen molar-refractivity contribution in [2.75, 3.05) is 5.43 Å². The summed E-state index contributed by atoms with van der Waals surface area (Å²) in [4.78, 5) is 5.39. The molecule has 0 aliphatic heterocycles. The SMILES string of the molecule is c1csc(CNNc2nccs2)c1. The topological polar surface area (TPSA) is 37.0 Å². The molecule has 0 aliphatic carbocycles. The summed E-state index contributed by atoms with van der Waals surface area (Å²) in [5.41, 5.74) is 6.13. The fourth-order valence-electron chi connectivity index (χ4n) is 0.905. The van der Waals surface area contributed by atoms with E-state index >= 15 is 0 Å². The van der Waals surface area contributed by atoms with Gasteiger partial charge in [0.05, 0.1) is 0 Å². The van der Waals surface area contributed by atoms with Crippen LogP contribution >= 0.6 is 22.7 Å². The lowest BCUT2D eigenvalue weighted by Gasteiger charge is -2.02. The van der Waals surface area contributed by atoms with E-state index in [4.69, 9.17) is 0 Å². The van der Waals surface area contributed by atoms with Gasteiger partial charge in [0.2, 0.25) is 0 Å². The molecule has 0 saturated carbocycles. The van der Waals surface area contributed by atoms with Crippen molar-refractivity contribution >= 4 is 27.8 Å². The summed E-state index contributed by atoms with van der Waals surface area (Å²) in [6.07, 6.45) is 1.78. The van der Waals surface area contributed by atoms with Gasteiger partial charge in [0.15, 0.2) is 5.13 Å². The molecule has 5 heteroatoms. The molecule has 0 bridgehead atoms. The first-order chi connectivity index (χ1) is 6.45. The third kappa shape index (κ3) is 2.51. The second-order valence-corrected chi connectivity index (χ2v) is 4.32. The molecule has 0 saturated heterocycles. The number of hydrazine groups is 1. The van der Waals surface area contributed by atoms with Crippen molar-refractivity contribution in [1.29, 1.82) is 0 Å². The number of hydrogen-bond acceptors (Lipinski definition) is 5. The van der Waals surface area contributed by atoms with E-state index in [-0.39, 0.29) is 0 Å². The Morgan fingerprint density at radius 1 is 1.31 bits per heavy atom. The molecule has 2 heterocycles. The quantitative estimate of drug-likeness (QED) is 0.762. The van der Waals surface area contributed by atoms with E-state index in [9.17, 15) is 0 Å². The smallest absolute Gasteiger partial charge is 0.197 e. The van der Waals surface area contributed by atoms with Crippen LogP contribution in [0.4, 0.5) is 5.13 Å². The average Bonchev–Trinajstić information content (AvgIpc) is 2.75. The molecule has 3 nitrogen and oxygen atoms in total. The van der Waals surface area contributed by atoms with Crippen LogP contribution in [0.5, 0.6) is 0 Å². The standard InChI is InChI=1S/C8H9N3S2/c1-2-7(12-4-1)6-10-11-8-9-3-5-13-8/h1-5,10H,6H2,(H,9,11). The highest BCUT2D eigenvalue weighted by atomic mass is 32.1. The van der Waals surface area contributed by atoms with Crippen molar-refractivity contribution in [2.45, 2.75) is 6.54 Å². The van der Waals surface area contributed by atoms with Gasteiger partial charge < -0.3 is 0 Å². The first-order valence-electron chi connectivity index (χ1n) is 3.86. The summed E-state index contributed by atoms with van der Waals surface area (Å²) in [7, 11) is 0. The van der Waals surface area contributed by atoms with Crippen LogP contribution in [0.2, 0.25) is 0 Å². The molecule has 0 amide bonds. The Balaban J connectivity index is 1.76. The van der Waals surface area contributed by atoms with Crippen LogP contribution < -0.4 is 10.9 Å². The highest BCUT2D eigenvalue weighted by Crippen LogP contribution is 2.10. The summed E-state index contributed by atoms with van der Waals surface area (Å²) in [5.74, 6) is 0. The van der Waals surface area contributed by atoms with E-state index in [0.29, 0.717) is 0 Å². The van der Waals surface area contributed by atoms with Gasteiger partial charge in [-0.1, -0.05) is 6.07 Å². The van der Waals surface area contributed by atoms with Crippen molar-refractivity contribution in [3.05, 3.63) is 34.0 Å². The van der Waals surface area contributed by atoms with Crippen LogP contribution in [0.25, 0.3) is 0 Å². The molecule has 0 atom stereocenters. The number of anilines is 1. The summed E-state index contributed by atoms with van der Waals surface area (Å²) in [6, 6.07) is 4.15. The predicted octanol–water partition coefficient (Wildman–Crippen LogP) is 2.32. The largest absolute Gasteiger partial charge is 0.297 e. The molecule has 0 radical (unpaired) electrons. The van der Waals surface area contributed by atoms with Gasteiger partial charge in [-0.05, 0) is 11.4 Å². The van der Waals surface area contributed by atoms with Gasteiger partial charge >= 0.3 is 0 Å². The van der Waals surface area contributed by atoms with E-state index < -0.39 is 0 Å². The molecule has 0 aliphatic rings. The van der Waals surface area contributed by atoms with Gasteiger partial charge in [-0.2, -0.15) is 0 Å². The lowest BCUT2D eigenvalue weighted by Crippen LogP contribution is -2.19. The number of thiophene rings is 1. The van der Waals surface area contributed by atoms with Gasteiger partial charge in [-0.15, -0.1) is 22.7 Å². The zero-order valence-electron chi connectivity index (χ0n) is 6.86. The Labute approximate surface area is 84.4 Å². The summed E-state index contributed by atoms with van der Waals surface area (Å²) in [6.45, 7) is 0.831. The summed E-state index contributed by atoms with van der Waals surface area (Å²) in [5, 5.41) is 4.91. The molecule has 0 aromatic carbocycles. The minimum Gasteiger partial charge on any atom is -0.297 e. The molecule has 2 N–H and O–H groups in total. The van der Waals surface area contributed by atoms with Crippen LogP contribution in [0, 0.1) is 0 Å². The molecule has 0 fully saturated rings. The summed E-state index contributed by atoms with van der Waals surface area (Å²) >= 11 is 3.32. The van der Waals surface area contributed by atoms with E-state index in [1.54, 1.807) is 28.9 Å². The van der Waals surface area contributed by atoms with Crippen LogP contribution in [0.1, 0.15) is 4.88 Å². The van der Waals surface area contributed by atoms with Crippen LogP contribution in [0.3, 0.4) is 0 Å². The average molecular weight is 211 g/mol. The number of hydrogen-bond donors (Lipinski definition) is 2. The number of nitrogens with one attached hydrogen (secondary N) is 2. The number of nitrogens with zero attached hydrogens (tertiary/aromatic N) is 1. The van der Waals surface area contributed by atoms with E-state index in [2.05, 4.69) is 27.3 Å². The zero-order chi connectivity index (χ0) is 8.93. The predicted molar refractivity (Wildman–Crippen MR) is 56.9 cm³/mol. The first kappa shape index (κ1) is 8.68. The maximum absolute atomic E-state index is 4.08. The van der Waals surface area contributed by atoms with Crippen molar-refractivity contribution in [1.82, 2.24) is 10.4 Å². The fourth-order valence-corrected chi connectivity index (χ4v) is 2.05. The Bertz CT molecular complexity index is 294. The van der Waals surface area contributed by atoms with E-state index in [0.717, 1.165) is 11.7 Å².